The third-order valence-corrected chi connectivity index (χ3v) is 3.99. The highest BCUT2D eigenvalue weighted by atomic mass is 16.7. The minimum absolute atomic E-state index is 0.135. The first kappa shape index (κ1) is 17.2. The van der Waals surface area contributed by atoms with Gasteiger partial charge in [0, 0.05) is 20.3 Å². The summed E-state index contributed by atoms with van der Waals surface area (Å²) in [5, 5.41) is 3.69. The minimum atomic E-state index is -0.226. The van der Waals surface area contributed by atoms with E-state index in [2.05, 4.69) is 56.4 Å². The Morgan fingerprint density at radius 2 is 1.55 bits per heavy atom. The number of hydrogen-bond donors (Lipinski definition) is 1. The zero-order valence-corrected chi connectivity index (χ0v) is 13.4. The van der Waals surface area contributed by atoms with Crippen molar-refractivity contribution in [1.82, 2.24) is 5.32 Å². The third-order valence-electron chi connectivity index (χ3n) is 3.99. The highest BCUT2D eigenvalue weighted by molar-refractivity contribution is 5.20. The lowest BCUT2D eigenvalue weighted by atomic mass is 9.88. The van der Waals surface area contributed by atoms with E-state index >= 15 is 0 Å². The molecule has 0 spiro atoms. The molecule has 0 radical (unpaired) electrons. The van der Waals surface area contributed by atoms with Gasteiger partial charge in [0.05, 0.1) is 6.04 Å². The van der Waals surface area contributed by atoms with Gasteiger partial charge in [0.2, 0.25) is 0 Å². The lowest BCUT2D eigenvalue weighted by Gasteiger charge is -2.32. The first-order valence-electron chi connectivity index (χ1n) is 7.54. The second-order valence-corrected chi connectivity index (χ2v) is 5.26. The number of benzene rings is 1. The summed E-state index contributed by atoms with van der Waals surface area (Å²) in [6, 6.07) is 11.1. The van der Waals surface area contributed by atoms with Crippen molar-refractivity contribution in [2.75, 3.05) is 14.2 Å². The number of rotatable bonds is 9. The summed E-state index contributed by atoms with van der Waals surface area (Å²) in [5.41, 5.74) is 1.33. The van der Waals surface area contributed by atoms with Crippen LogP contribution in [0.5, 0.6) is 0 Å². The Kier molecular flexibility index (Phi) is 7.82. The molecular weight excluding hydrogens is 250 g/mol. The standard InChI is InChI=1S/C17H29NO2/c1-6-14(7-2)16(15-11-9-8-10-12-15)18-13(3)17(19-4)20-5/h8-14,16-18H,6-7H2,1-5H3. The summed E-state index contributed by atoms with van der Waals surface area (Å²) in [6.07, 6.45) is 2.08. The molecule has 0 saturated heterocycles. The number of methoxy groups -OCH3 is 2. The maximum Gasteiger partial charge on any atom is 0.171 e. The van der Waals surface area contributed by atoms with Crippen molar-refractivity contribution in [3.05, 3.63) is 35.9 Å². The first-order valence-corrected chi connectivity index (χ1v) is 7.54. The van der Waals surface area contributed by atoms with Gasteiger partial charge in [-0.1, -0.05) is 57.0 Å². The van der Waals surface area contributed by atoms with Gasteiger partial charge < -0.3 is 14.8 Å². The van der Waals surface area contributed by atoms with Crippen molar-refractivity contribution in [3.63, 3.8) is 0 Å². The molecule has 1 aromatic carbocycles. The minimum Gasteiger partial charge on any atom is -0.354 e. The third kappa shape index (κ3) is 4.58. The number of ether oxygens (including phenoxy) is 2. The number of nitrogens with one attached hydrogen (secondary N) is 1. The molecule has 1 rings (SSSR count). The van der Waals surface area contributed by atoms with Gasteiger partial charge >= 0.3 is 0 Å². The van der Waals surface area contributed by atoms with Gasteiger partial charge in [-0.3, -0.25) is 0 Å². The fourth-order valence-corrected chi connectivity index (χ4v) is 2.79. The molecule has 2 unspecified atom stereocenters. The van der Waals surface area contributed by atoms with Gasteiger partial charge in [-0.25, -0.2) is 0 Å². The SMILES string of the molecule is CCC(CC)C(NC(C)C(OC)OC)c1ccccc1. The van der Waals surface area contributed by atoms with Crippen LogP contribution in [-0.2, 0) is 9.47 Å². The van der Waals surface area contributed by atoms with E-state index in [1.54, 1.807) is 14.2 Å². The van der Waals surface area contributed by atoms with E-state index in [1.165, 1.54) is 5.56 Å². The van der Waals surface area contributed by atoms with Crippen molar-refractivity contribution >= 4 is 0 Å². The second kappa shape index (κ2) is 9.11. The fraction of sp³-hybridized carbons (Fsp3) is 0.647. The van der Waals surface area contributed by atoms with Gasteiger partial charge in [-0.05, 0) is 18.4 Å². The molecule has 0 saturated carbocycles. The zero-order valence-electron chi connectivity index (χ0n) is 13.4. The van der Waals surface area contributed by atoms with Crippen LogP contribution in [0.3, 0.4) is 0 Å². The van der Waals surface area contributed by atoms with Crippen LogP contribution in [0.15, 0.2) is 30.3 Å². The van der Waals surface area contributed by atoms with E-state index in [9.17, 15) is 0 Å². The smallest absolute Gasteiger partial charge is 0.171 e. The van der Waals surface area contributed by atoms with Crippen LogP contribution in [0.4, 0.5) is 0 Å². The van der Waals surface area contributed by atoms with E-state index in [0.717, 1.165) is 12.8 Å². The molecule has 3 nitrogen and oxygen atoms in total. The largest absolute Gasteiger partial charge is 0.354 e. The molecule has 1 aromatic rings. The van der Waals surface area contributed by atoms with Crippen LogP contribution in [0.1, 0.15) is 45.2 Å². The topological polar surface area (TPSA) is 30.5 Å². The summed E-state index contributed by atoms with van der Waals surface area (Å²) in [5.74, 6) is 0.606. The lowest BCUT2D eigenvalue weighted by molar-refractivity contribution is -0.122. The van der Waals surface area contributed by atoms with Gasteiger partial charge in [0.25, 0.3) is 0 Å². The molecule has 0 heterocycles. The van der Waals surface area contributed by atoms with Crippen LogP contribution < -0.4 is 5.32 Å². The molecule has 0 fully saturated rings. The zero-order chi connectivity index (χ0) is 15.0. The van der Waals surface area contributed by atoms with Crippen molar-refractivity contribution in [2.45, 2.75) is 52.0 Å². The van der Waals surface area contributed by atoms with Crippen LogP contribution in [0.25, 0.3) is 0 Å². The Morgan fingerprint density at radius 3 is 2.00 bits per heavy atom. The maximum absolute atomic E-state index is 5.36. The quantitative estimate of drug-likeness (QED) is 0.698. The average molecular weight is 279 g/mol. The Labute approximate surface area is 123 Å². The average Bonchev–Trinajstić information content (AvgIpc) is 2.49. The van der Waals surface area contributed by atoms with Gasteiger partial charge in [0.15, 0.2) is 6.29 Å². The molecule has 2 atom stereocenters. The summed E-state index contributed by atoms with van der Waals surface area (Å²) < 4.78 is 10.7. The lowest BCUT2D eigenvalue weighted by Crippen LogP contribution is -2.43. The highest BCUT2D eigenvalue weighted by Crippen LogP contribution is 2.28. The Bertz CT molecular complexity index is 347. The van der Waals surface area contributed by atoms with Crippen LogP contribution in [0.2, 0.25) is 0 Å². The van der Waals surface area contributed by atoms with Crippen LogP contribution in [-0.4, -0.2) is 26.6 Å². The summed E-state index contributed by atoms with van der Waals surface area (Å²) >= 11 is 0. The van der Waals surface area contributed by atoms with E-state index in [1.807, 2.05) is 0 Å². The molecule has 3 heteroatoms. The molecule has 0 aliphatic rings. The highest BCUT2D eigenvalue weighted by Gasteiger charge is 2.25. The van der Waals surface area contributed by atoms with E-state index in [4.69, 9.17) is 9.47 Å². The van der Waals surface area contributed by atoms with Crippen molar-refractivity contribution in [2.24, 2.45) is 5.92 Å². The van der Waals surface area contributed by atoms with E-state index in [0.29, 0.717) is 12.0 Å². The summed E-state index contributed by atoms with van der Waals surface area (Å²) in [4.78, 5) is 0. The van der Waals surface area contributed by atoms with Crippen molar-refractivity contribution < 1.29 is 9.47 Å². The Balaban J connectivity index is 2.88. The molecule has 20 heavy (non-hydrogen) atoms. The van der Waals surface area contributed by atoms with Gasteiger partial charge in [0.1, 0.15) is 0 Å². The van der Waals surface area contributed by atoms with Crippen molar-refractivity contribution in [1.29, 1.82) is 0 Å². The second-order valence-electron chi connectivity index (χ2n) is 5.26. The molecule has 0 bridgehead atoms. The molecule has 0 aliphatic carbocycles. The Morgan fingerprint density at radius 1 is 1.00 bits per heavy atom. The van der Waals surface area contributed by atoms with Crippen LogP contribution >= 0.6 is 0 Å². The number of hydrogen-bond acceptors (Lipinski definition) is 3. The van der Waals surface area contributed by atoms with Gasteiger partial charge in [-0.15, -0.1) is 0 Å². The fourth-order valence-electron chi connectivity index (χ4n) is 2.79. The molecule has 0 amide bonds. The monoisotopic (exact) mass is 279 g/mol. The van der Waals surface area contributed by atoms with E-state index in [-0.39, 0.29) is 12.3 Å². The predicted molar refractivity (Wildman–Crippen MR) is 83.7 cm³/mol. The first-order chi connectivity index (χ1) is 9.67. The summed E-state index contributed by atoms with van der Waals surface area (Å²) in [6.45, 7) is 6.61. The van der Waals surface area contributed by atoms with Crippen LogP contribution in [0, 0.1) is 5.92 Å². The Hall–Kier alpha value is -0.900. The van der Waals surface area contributed by atoms with Crippen molar-refractivity contribution in [3.8, 4) is 0 Å². The van der Waals surface area contributed by atoms with Gasteiger partial charge in [-0.2, -0.15) is 0 Å². The maximum atomic E-state index is 5.36. The molecule has 1 N–H and O–H groups in total. The molecular formula is C17H29NO2. The molecule has 114 valence electrons. The molecule has 0 aromatic heterocycles. The molecule has 0 aliphatic heterocycles. The predicted octanol–water partition coefficient (Wildman–Crippen LogP) is 3.76. The summed E-state index contributed by atoms with van der Waals surface area (Å²) in [7, 11) is 3.36. The normalized spacial score (nSPS) is 14.8. The van der Waals surface area contributed by atoms with E-state index < -0.39 is 0 Å².